The predicted octanol–water partition coefficient (Wildman–Crippen LogP) is 4.75. The second-order valence-electron chi connectivity index (χ2n) is 8.42. The third-order valence-corrected chi connectivity index (χ3v) is 6.42. The maximum atomic E-state index is 12.8. The van der Waals surface area contributed by atoms with Crippen LogP contribution in [-0.4, -0.2) is 32.2 Å². The molecule has 0 aliphatic carbocycles. The van der Waals surface area contributed by atoms with Crippen molar-refractivity contribution in [1.29, 1.82) is 0 Å². The monoisotopic (exact) mass is 448 g/mol. The maximum absolute atomic E-state index is 12.8. The molecule has 32 heavy (non-hydrogen) atoms. The van der Waals surface area contributed by atoms with Gasteiger partial charge in [-0.3, -0.25) is 4.79 Å². The van der Waals surface area contributed by atoms with Gasteiger partial charge in [-0.25, -0.2) is 4.98 Å². The lowest BCUT2D eigenvalue weighted by Crippen LogP contribution is -2.34. The third-order valence-electron chi connectivity index (χ3n) is 6.15. The Morgan fingerprint density at radius 3 is 2.62 bits per heavy atom. The predicted molar refractivity (Wildman–Crippen MR) is 129 cm³/mol. The normalized spacial score (nSPS) is 14.8. The summed E-state index contributed by atoms with van der Waals surface area (Å²) in [5.41, 5.74) is 2.25. The van der Waals surface area contributed by atoms with Gasteiger partial charge >= 0.3 is 0 Å². The number of aryl methyl sites for hydroxylation is 1. The van der Waals surface area contributed by atoms with Gasteiger partial charge in [0.2, 0.25) is 5.95 Å². The smallest absolute Gasteiger partial charge is 0.275 e. The number of hydrogen-bond donors (Lipinski definition) is 1. The summed E-state index contributed by atoms with van der Waals surface area (Å²) in [5.74, 6) is 2.01. The van der Waals surface area contributed by atoms with Crippen molar-refractivity contribution < 1.29 is 0 Å². The number of aromatic nitrogens is 4. The molecule has 0 bridgehead atoms. The van der Waals surface area contributed by atoms with Crippen LogP contribution in [0.5, 0.6) is 0 Å². The first-order chi connectivity index (χ1) is 15.5. The quantitative estimate of drug-likeness (QED) is 0.487. The molecular formula is C24H25ClN6O. The second-order valence-corrected chi connectivity index (χ2v) is 8.83. The lowest BCUT2D eigenvalue weighted by atomic mass is 10.00. The van der Waals surface area contributed by atoms with Gasteiger partial charge in [-0.1, -0.05) is 18.5 Å². The van der Waals surface area contributed by atoms with Gasteiger partial charge in [0.15, 0.2) is 5.82 Å². The van der Waals surface area contributed by atoms with Crippen LogP contribution in [0, 0.1) is 5.92 Å². The van der Waals surface area contributed by atoms with E-state index in [0.29, 0.717) is 22.5 Å². The highest BCUT2D eigenvalue weighted by Gasteiger charge is 2.19. The Bertz CT molecular complexity index is 1320. The highest BCUT2D eigenvalue weighted by molar-refractivity contribution is 6.32. The summed E-state index contributed by atoms with van der Waals surface area (Å²) < 4.78 is 3.50. The van der Waals surface area contributed by atoms with Crippen LogP contribution in [0.25, 0.3) is 16.6 Å². The largest absolute Gasteiger partial charge is 0.341 e. The van der Waals surface area contributed by atoms with E-state index in [4.69, 9.17) is 16.6 Å². The summed E-state index contributed by atoms with van der Waals surface area (Å²) in [7, 11) is 1.79. The van der Waals surface area contributed by atoms with Crippen molar-refractivity contribution in [3.63, 3.8) is 0 Å². The van der Waals surface area contributed by atoms with Crippen LogP contribution < -0.4 is 15.8 Å². The first-order valence-corrected chi connectivity index (χ1v) is 11.2. The van der Waals surface area contributed by atoms with E-state index in [1.165, 1.54) is 0 Å². The Labute approximate surface area is 191 Å². The zero-order chi connectivity index (χ0) is 22.2. The molecule has 8 heteroatoms. The molecule has 1 aliphatic heterocycles. The van der Waals surface area contributed by atoms with Crippen molar-refractivity contribution in [2.75, 3.05) is 23.3 Å². The van der Waals surface area contributed by atoms with Gasteiger partial charge in [0.25, 0.3) is 5.56 Å². The topological polar surface area (TPSA) is 68.0 Å². The van der Waals surface area contributed by atoms with Crippen LogP contribution >= 0.6 is 11.6 Å². The number of anilines is 3. The van der Waals surface area contributed by atoms with Crippen LogP contribution in [-0.2, 0) is 7.05 Å². The molecule has 3 aromatic heterocycles. The number of fused-ring (bicyclic) bond motifs is 1. The van der Waals surface area contributed by atoms with E-state index < -0.39 is 0 Å². The molecule has 1 saturated heterocycles. The fraction of sp³-hybridized carbons (Fsp3) is 0.292. The van der Waals surface area contributed by atoms with Crippen LogP contribution in [0.2, 0.25) is 5.02 Å². The standard InChI is InChI=1S/C24H25ClN6O/c1-16-7-11-31(12-8-16)24-26-15-19(25)22(28-24)27-18-5-6-20-17(13-18)14-21(23(32)29(20)2)30-9-3-4-10-30/h3-6,9-10,13-16H,7-8,11-12H2,1-2H3,(H,26,27,28). The molecule has 4 heterocycles. The minimum Gasteiger partial charge on any atom is -0.341 e. The Kier molecular flexibility index (Phi) is 5.35. The highest BCUT2D eigenvalue weighted by atomic mass is 35.5. The summed E-state index contributed by atoms with van der Waals surface area (Å²) in [5, 5.41) is 4.74. The molecule has 4 aromatic rings. The Morgan fingerprint density at radius 1 is 1.12 bits per heavy atom. The van der Waals surface area contributed by atoms with Crippen LogP contribution in [0.3, 0.4) is 0 Å². The van der Waals surface area contributed by atoms with Crippen LogP contribution in [0.1, 0.15) is 19.8 Å². The van der Waals surface area contributed by atoms with Gasteiger partial charge in [-0.2, -0.15) is 4.98 Å². The fourth-order valence-corrected chi connectivity index (χ4v) is 4.31. The molecule has 5 rings (SSSR count). The zero-order valence-electron chi connectivity index (χ0n) is 18.1. The molecule has 1 N–H and O–H groups in total. The second kappa shape index (κ2) is 8.31. The molecule has 0 saturated carbocycles. The van der Waals surface area contributed by atoms with Crippen molar-refractivity contribution >= 4 is 40.0 Å². The average Bonchev–Trinajstić information content (AvgIpc) is 3.33. The van der Waals surface area contributed by atoms with Crippen molar-refractivity contribution in [2.45, 2.75) is 19.8 Å². The van der Waals surface area contributed by atoms with Gasteiger partial charge in [-0.15, -0.1) is 0 Å². The molecule has 7 nitrogen and oxygen atoms in total. The number of nitrogens with one attached hydrogen (secondary N) is 1. The van der Waals surface area contributed by atoms with Gasteiger partial charge in [0.05, 0.1) is 11.7 Å². The Balaban J connectivity index is 1.48. The lowest BCUT2D eigenvalue weighted by molar-refractivity contribution is 0.434. The number of hydrogen-bond acceptors (Lipinski definition) is 5. The average molecular weight is 449 g/mol. The number of pyridine rings is 1. The van der Waals surface area contributed by atoms with E-state index in [1.54, 1.807) is 17.8 Å². The highest BCUT2D eigenvalue weighted by Crippen LogP contribution is 2.28. The molecule has 164 valence electrons. The van der Waals surface area contributed by atoms with Crippen molar-refractivity contribution in [3.05, 3.63) is 70.4 Å². The van der Waals surface area contributed by atoms with Gasteiger partial charge in [-0.05, 0) is 55.2 Å². The number of rotatable bonds is 4. The molecule has 0 unspecified atom stereocenters. The molecule has 0 amide bonds. The van der Waals surface area contributed by atoms with Gasteiger partial charge in [0.1, 0.15) is 10.7 Å². The number of benzene rings is 1. The molecular weight excluding hydrogens is 424 g/mol. The molecule has 1 fully saturated rings. The minimum absolute atomic E-state index is 0.0475. The zero-order valence-corrected chi connectivity index (χ0v) is 18.9. The lowest BCUT2D eigenvalue weighted by Gasteiger charge is -2.30. The summed E-state index contributed by atoms with van der Waals surface area (Å²) in [6, 6.07) is 11.6. The molecule has 1 aliphatic rings. The summed E-state index contributed by atoms with van der Waals surface area (Å²) in [6.07, 6.45) is 7.67. The first-order valence-electron chi connectivity index (χ1n) is 10.8. The van der Waals surface area contributed by atoms with Crippen molar-refractivity contribution in [1.82, 2.24) is 19.1 Å². The van der Waals surface area contributed by atoms with Crippen molar-refractivity contribution in [2.24, 2.45) is 13.0 Å². The minimum atomic E-state index is -0.0475. The molecule has 0 atom stereocenters. The van der Waals surface area contributed by atoms with Crippen LogP contribution in [0.4, 0.5) is 17.5 Å². The Morgan fingerprint density at radius 2 is 1.88 bits per heavy atom. The maximum Gasteiger partial charge on any atom is 0.275 e. The molecule has 1 aromatic carbocycles. The summed E-state index contributed by atoms with van der Waals surface area (Å²) in [4.78, 5) is 24.1. The molecule has 0 radical (unpaired) electrons. The number of nitrogens with zero attached hydrogens (tertiary/aromatic N) is 5. The Hall–Kier alpha value is -3.32. The van der Waals surface area contributed by atoms with E-state index in [9.17, 15) is 4.79 Å². The van der Waals surface area contributed by atoms with Crippen LogP contribution in [0.15, 0.2) is 59.8 Å². The van der Waals surface area contributed by atoms with E-state index in [2.05, 4.69) is 22.1 Å². The summed E-state index contributed by atoms with van der Waals surface area (Å²) in [6.45, 7) is 4.19. The number of piperidine rings is 1. The summed E-state index contributed by atoms with van der Waals surface area (Å²) >= 11 is 6.41. The van der Waals surface area contributed by atoms with Gasteiger partial charge in [0, 0.05) is 43.6 Å². The van der Waals surface area contributed by atoms with E-state index in [1.807, 2.05) is 53.4 Å². The van der Waals surface area contributed by atoms with Crippen molar-refractivity contribution in [3.8, 4) is 5.69 Å². The third kappa shape index (κ3) is 3.84. The van der Waals surface area contributed by atoms with E-state index in [0.717, 1.165) is 48.4 Å². The SMILES string of the molecule is CC1CCN(c2ncc(Cl)c(Nc3ccc4c(c3)cc(-n3cccc3)c(=O)n4C)n2)CC1. The van der Waals surface area contributed by atoms with E-state index in [-0.39, 0.29) is 5.56 Å². The fourth-order valence-electron chi connectivity index (χ4n) is 4.17. The number of halogens is 1. The van der Waals surface area contributed by atoms with Gasteiger partial charge < -0.3 is 19.4 Å². The van der Waals surface area contributed by atoms with E-state index >= 15 is 0 Å². The molecule has 0 spiro atoms. The first kappa shape index (κ1) is 20.6.